The van der Waals surface area contributed by atoms with Crippen LogP contribution in [0.5, 0.6) is 5.75 Å². The number of anilines is 2. The Morgan fingerprint density at radius 3 is 2.41 bits per heavy atom. The maximum atomic E-state index is 13.3. The molecule has 0 bridgehead atoms. The normalized spacial score (nSPS) is 15.4. The van der Waals surface area contributed by atoms with Crippen LogP contribution in [0.1, 0.15) is 27.7 Å². The molecule has 0 saturated heterocycles. The Hall–Kier alpha value is -3.80. The van der Waals surface area contributed by atoms with Gasteiger partial charge in [0.25, 0.3) is 5.91 Å². The van der Waals surface area contributed by atoms with Crippen LogP contribution in [-0.4, -0.2) is 18.5 Å². The lowest BCUT2D eigenvalue weighted by atomic mass is 10.0. The summed E-state index contributed by atoms with van der Waals surface area (Å²) in [5.41, 5.74) is 4.11. The first kappa shape index (κ1) is 18.6. The van der Waals surface area contributed by atoms with Crippen molar-refractivity contribution in [2.75, 3.05) is 16.8 Å². The molecular formula is C23H19N2O4-. The fourth-order valence-electron chi connectivity index (χ4n) is 3.35. The molecule has 4 rings (SSSR count). The summed E-state index contributed by atoms with van der Waals surface area (Å²) in [6.07, 6.45) is -0.421. The molecule has 0 spiro atoms. The summed E-state index contributed by atoms with van der Waals surface area (Å²) in [5.74, 6) is -0.955. The van der Waals surface area contributed by atoms with Crippen LogP contribution in [0.3, 0.4) is 0 Å². The molecule has 1 amide bonds. The minimum absolute atomic E-state index is 0.0921. The first-order valence-electron chi connectivity index (χ1n) is 9.21. The number of nitrogens with one attached hydrogen (secondary N) is 1. The maximum absolute atomic E-state index is 13.3. The molecule has 1 aliphatic rings. The number of carboxylic acids is 1. The predicted molar refractivity (Wildman–Crippen MR) is 108 cm³/mol. The first-order chi connectivity index (χ1) is 14.0. The molecule has 1 heterocycles. The lowest BCUT2D eigenvalue weighted by Crippen LogP contribution is -2.43. The van der Waals surface area contributed by atoms with Crippen LogP contribution >= 0.6 is 0 Å². The maximum Gasteiger partial charge on any atom is 0.262 e. The highest BCUT2D eigenvalue weighted by molar-refractivity contribution is 6.12. The third kappa shape index (κ3) is 3.78. The molecule has 0 aromatic heterocycles. The number of aliphatic carboxylic acids is 1. The zero-order valence-corrected chi connectivity index (χ0v) is 15.8. The van der Waals surface area contributed by atoms with Crippen LogP contribution in [0.4, 0.5) is 11.4 Å². The fourth-order valence-corrected chi connectivity index (χ4v) is 3.35. The first-order valence-corrected chi connectivity index (χ1v) is 9.21. The second-order valence-electron chi connectivity index (χ2n) is 6.83. The summed E-state index contributed by atoms with van der Waals surface area (Å²) in [5, 5.41) is 14.0. The van der Waals surface area contributed by atoms with E-state index in [9.17, 15) is 14.7 Å². The van der Waals surface area contributed by atoms with Crippen molar-refractivity contribution < 1.29 is 19.4 Å². The Labute approximate surface area is 168 Å². The number of carbonyl (C=O) groups excluding carboxylic acids is 2. The number of ether oxygens (including phenoxy) is 1. The molecule has 0 radical (unpaired) electrons. The Balaban J connectivity index is 1.71. The number of rotatable bonds is 5. The van der Waals surface area contributed by atoms with Gasteiger partial charge in [0.05, 0.1) is 11.5 Å². The molecular weight excluding hydrogens is 368 g/mol. The Morgan fingerprint density at radius 1 is 1.03 bits per heavy atom. The van der Waals surface area contributed by atoms with Gasteiger partial charge >= 0.3 is 0 Å². The Kier molecular flexibility index (Phi) is 4.91. The van der Waals surface area contributed by atoms with Crippen molar-refractivity contribution in [2.24, 2.45) is 0 Å². The summed E-state index contributed by atoms with van der Waals surface area (Å²) < 4.78 is 5.15. The summed E-state index contributed by atoms with van der Waals surface area (Å²) in [4.78, 5) is 25.6. The van der Waals surface area contributed by atoms with Crippen molar-refractivity contribution >= 4 is 23.3 Å². The number of hydrogen-bond acceptors (Lipinski definition) is 5. The molecule has 3 aromatic rings. The van der Waals surface area contributed by atoms with E-state index in [1.807, 2.05) is 61.5 Å². The summed E-state index contributed by atoms with van der Waals surface area (Å²) in [7, 11) is 0. The average molecular weight is 387 g/mol. The van der Waals surface area contributed by atoms with Crippen LogP contribution < -0.4 is 20.1 Å². The molecule has 3 aromatic carbocycles. The van der Waals surface area contributed by atoms with E-state index in [1.54, 1.807) is 23.1 Å². The number of carboxylic acid groups (broad SMARTS) is 1. The van der Waals surface area contributed by atoms with E-state index in [4.69, 9.17) is 4.74 Å². The Morgan fingerprint density at radius 2 is 1.72 bits per heavy atom. The number of aryl methyl sites for hydroxylation is 1. The van der Waals surface area contributed by atoms with Gasteiger partial charge in [-0.25, -0.2) is 0 Å². The fraction of sp³-hybridized carbons (Fsp3) is 0.130. The molecule has 1 atom stereocenters. The summed E-state index contributed by atoms with van der Waals surface area (Å²) in [6.45, 7) is 1.49. The van der Waals surface area contributed by atoms with Crippen molar-refractivity contribution in [3.05, 3.63) is 89.5 Å². The number of benzene rings is 3. The van der Waals surface area contributed by atoms with Crippen LogP contribution in [0.15, 0.2) is 72.8 Å². The van der Waals surface area contributed by atoms with Crippen LogP contribution in [-0.2, 0) is 4.79 Å². The van der Waals surface area contributed by atoms with Gasteiger partial charge in [-0.1, -0.05) is 42.0 Å². The average Bonchev–Trinajstić information content (AvgIpc) is 2.73. The third-order valence-electron chi connectivity index (χ3n) is 4.79. The standard InChI is InChI=1S/C23H20N2O4/c1-15-6-10-17(11-7-15)25-22(24-20-5-3-2-4-19(20)23(25)28)16-8-12-18(13-9-16)29-14-21(26)27/h2-13,22,24H,14H2,1H3,(H,26,27)/p-1/t22-/m1/s1. The summed E-state index contributed by atoms with van der Waals surface area (Å²) in [6, 6.07) is 22.2. The molecule has 1 N–H and O–H groups in total. The number of hydrogen-bond donors (Lipinski definition) is 1. The highest BCUT2D eigenvalue weighted by Gasteiger charge is 2.33. The van der Waals surface area contributed by atoms with E-state index in [2.05, 4.69) is 5.32 Å². The van der Waals surface area contributed by atoms with Crippen LogP contribution in [0, 0.1) is 6.92 Å². The van der Waals surface area contributed by atoms with Gasteiger partial charge in [0.15, 0.2) is 0 Å². The van der Waals surface area contributed by atoms with Gasteiger partial charge in [0.2, 0.25) is 0 Å². The molecule has 0 fully saturated rings. The van der Waals surface area contributed by atoms with Crippen molar-refractivity contribution in [3.8, 4) is 5.75 Å². The summed E-state index contributed by atoms with van der Waals surface area (Å²) >= 11 is 0. The van der Waals surface area contributed by atoms with Gasteiger partial charge in [-0.15, -0.1) is 0 Å². The van der Waals surface area contributed by atoms with Gasteiger partial charge < -0.3 is 20.0 Å². The Bertz CT molecular complexity index is 1050. The zero-order chi connectivity index (χ0) is 20.4. The zero-order valence-electron chi connectivity index (χ0n) is 15.8. The number of para-hydroxylation sites is 1. The molecule has 29 heavy (non-hydrogen) atoms. The molecule has 0 aliphatic carbocycles. The molecule has 1 aliphatic heterocycles. The van der Waals surface area contributed by atoms with Crippen molar-refractivity contribution in [1.82, 2.24) is 0 Å². The lowest BCUT2D eigenvalue weighted by Gasteiger charge is -2.38. The van der Waals surface area contributed by atoms with Crippen molar-refractivity contribution in [1.29, 1.82) is 0 Å². The van der Waals surface area contributed by atoms with E-state index in [-0.39, 0.29) is 5.91 Å². The highest BCUT2D eigenvalue weighted by atomic mass is 16.5. The van der Waals surface area contributed by atoms with Gasteiger partial charge in [0.1, 0.15) is 18.5 Å². The van der Waals surface area contributed by atoms with E-state index in [0.29, 0.717) is 11.3 Å². The monoisotopic (exact) mass is 387 g/mol. The minimum Gasteiger partial charge on any atom is -0.546 e. The quantitative estimate of drug-likeness (QED) is 0.728. The van der Waals surface area contributed by atoms with Gasteiger partial charge in [-0.05, 0) is 48.9 Å². The lowest BCUT2D eigenvalue weighted by molar-refractivity contribution is -0.307. The molecule has 0 unspecified atom stereocenters. The number of nitrogens with zero attached hydrogens (tertiary/aromatic N) is 1. The molecule has 146 valence electrons. The van der Waals surface area contributed by atoms with E-state index in [1.165, 1.54) is 0 Å². The highest BCUT2D eigenvalue weighted by Crippen LogP contribution is 2.37. The molecule has 6 heteroatoms. The molecule has 6 nitrogen and oxygen atoms in total. The smallest absolute Gasteiger partial charge is 0.262 e. The number of carbonyl (C=O) groups is 2. The second-order valence-corrected chi connectivity index (χ2v) is 6.83. The topological polar surface area (TPSA) is 81.7 Å². The predicted octanol–water partition coefficient (Wildman–Crippen LogP) is 2.89. The second kappa shape index (κ2) is 7.67. The van der Waals surface area contributed by atoms with Crippen LogP contribution in [0.2, 0.25) is 0 Å². The SMILES string of the molecule is Cc1ccc(N2C(=O)c3ccccc3N[C@H]2c2ccc(OCC(=O)[O-])cc2)cc1. The van der Waals surface area contributed by atoms with E-state index in [0.717, 1.165) is 22.5 Å². The largest absolute Gasteiger partial charge is 0.546 e. The van der Waals surface area contributed by atoms with Gasteiger partial charge in [-0.2, -0.15) is 0 Å². The van der Waals surface area contributed by atoms with Gasteiger partial charge in [-0.3, -0.25) is 9.69 Å². The van der Waals surface area contributed by atoms with E-state index >= 15 is 0 Å². The van der Waals surface area contributed by atoms with Crippen molar-refractivity contribution in [2.45, 2.75) is 13.1 Å². The number of fused-ring (bicyclic) bond motifs is 1. The van der Waals surface area contributed by atoms with Crippen molar-refractivity contribution in [3.63, 3.8) is 0 Å². The molecule has 0 saturated carbocycles. The van der Waals surface area contributed by atoms with Crippen LogP contribution in [0.25, 0.3) is 0 Å². The third-order valence-corrected chi connectivity index (χ3v) is 4.79. The number of amides is 1. The van der Waals surface area contributed by atoms with Gasteiger partial charge in [0, 0.05) is 11.4 Å². The van der Waals surface area contributed by atoms with E-state index < -0.39 is 18.7 Å². The minimum atomic E-state index is -1.28.